The molecule has 554 valence electrons. The fraction of sp³-hybridized carbons (Fsp3) is 0.671. The number of aliphatic hydroxyl groups is 1. The smallest absolute Gasteiger partial charge is 0.248 e. The molecule has 0 saturated carbocycles. The average molecular weight is 1420 g/mol. The lowest BCUT2D eigenvalue weighted by atomic mass is 9.91. The van der Waals surface area contributed by atoms with Gasteiger partial charge in [0, 0.05) is 60.8 Å². The molecular weight excluding hydrogens is 1290 g/mol. The summed E-state index contributed by atoms with van der Waals surface area (Å²) in [4.78, 5) is 156. The number of nitrogens with one attached hydrogen (secondary N) is 2. The van der Waals surface area contributed by atoms with Gasteiger partial charge in [0.15, 0.2) is 0 Å². The Bertz CT molecular complexity index is 3050. The van der Waals surface area contributed by atoms with E-state index in [2.05, 4.69) is 10.6 Å². The van der Waals surface area contributed by atoms with Crippen molar-refractivity contribution >= 4 is 86.8 Å². The number of allylic oxidation sites excluding steroid dienone is 2. The van der Waals surface area contributed by atoms with Crippen molar-refractivity contribution in [2.75, 3.05) is 55.9 Å². The van der Waals surface area contributed by atoms with Crippen LogP contribution in [0.5, 0.6) is 0 Å². The van der Waals surface area contributed by atoms with Gasteiger partial charge in [-0.15, -0.1) is 23.5 Å². The largest absolute Gasteiger partial charge is 0.390 e. The number of nitrogens with zero attached hydrogens (tertiary/aromatic N) is 9. The molecule has 21 nitrogen and oxygen atoms in total. The highest BCUT2D eigenvalue weighted by Gasteiger charge is 2.45. The van der Waals surface area contributed by atoms with Crippen LogP contribution in [0.2, 0.25) is 0 Å². The van der Waals surface area contributed by atoms with Gasteiger partial charge in [-0.25, -0.2) is 0 Å². The Labute approximate surface area is 602 Å². The number of thioether (sulfide) groups is 2. The molecule has 0 radical (unpaired) electrons. The van der Waals surface area contributed by atoms with Crippen LogP contribution in [0.1, 0.15) is 167 Å². The number of benzene rings is 2. The van der Waals surface area contributed by atoms with E-state index in [0.29, 0.717) is 34.4 Å². The molecule has 12 atom stereocenters. The topological polar surface area (TPSA) is 245 Å². The van der Waals surface area contributed by atoms with Crippen molar-refractivity contribution in [3.63, 3.8) is 0 Å². The molecule has 23 heteroatoms. The van der Waals surface area contributed by atoms with Gasteiger partial charge in [-0.2, -0.15) is 0 Å². The second-order valence-electron chi connectivity index (χ2n) is 29.5. The number of hydrogen-bond acceptors (Lipinski definition) is 14. The van der Waals surface area contributed by atoms with E-state index in [4.69, 9.17) is 9.98 Å². The van der Waals surface area contributed by atoms with Crippen LogP contribution in [0, 0.1) is 41.4 Å². The average Bonchev–Trinajstić information content (AvgIpc) is 0.805. The summed E-state index contributed by atoms with van der Waals surface area (Å²) in [6, 6.07) is 8.64. The Balaban J connectivity index is 2.49. The minimum absolute atomic E-state index is 0.00612. The summed E-state index contributed by atoms with van der Waals surface area (Å²) in [6.07, 6.45) is 3.66. The van der Waals surface area contributed by atoms with Crippen LogP contribution in [-0.2, 0) is 54.7 Å². The maximum atomic E-state index is 15.5. The molecule has 1 aliphatic heterocycles. The van der Waals surface area contributed by atoms with Gasteiger partial charge in [0.05, 0.1) is 34.8 Å². The fourth-order valence-corrected chi connectivity index (χ4v) is 14.5. The molecule has 0 bridgehead atoms. The summed E-state index contributed by atoms with van der Waals surface area (Å²) >= 11 is 2.77. The van der Waals surface area contributed by atoms with E-state index in [1.807, 2.05) is 149 Å². The highest BCUT2D eigenvalue weighted by molar-refractivity contribution is 8.13. The SMILES string of the molecule is C/C=C/C[C@@H](C)[C@@H](O)[C@H]1C(=O)N[C@@H](CC)C(=O)N(C)CC(=O)N(C)[C@@H](CC(C)C)C(SCc2ccccc2)=N[C@@H](C(C)C)C(=O)N(C)[C@@H](CC(C)C)C(=O)N[C@@H](C)C(SCc2ccccc2)=N[C@H](C)C(=O)N(C)[C@@H](CC(C)C)C(=O)N(C)[C@@H](CC(C)C)C(=O)N(C)[C@@H](C(C)C)C(=O)N1C. The fourth-order valence-electron chi connectivity index (χ4n) is 12.3. The van der Waals surface area contributed by atoms with Crippen LogP contribution in [-0.4, -0.2) is 225 Å². The van der Waals surface area contributed by atoms with Crippen molar-refractivity contribution in [2.45, 2.75) is 234 Å². The number of carbonyl (C=O) groups excluding carboxylic acids is 9. The molecule has 0 aliphatic carbocycles. The highest BCUT2D eigenvalue weighted by Crippen LogP contribution is 2.29. The molecule has 2 aromatic carbocycles. The van der Waals surface area contributed by atoms with Gasteiger partial charge in [-0.05, 0) is 112 Å². The quantitative estimate of drug-likeness (QED) is 0.111. The molecule has 99 heavy (non-hydrogen) atoms. The summed E-state index contributed by atoms with van der Waals surface area (Å²) in [5, 5.41) is 19.3. The van der Waals surface area contributed by atoms with E-state index in [0.717, 1.165) is 16.0 Å². The van der Waals surface area contributed by atoms with Crippen molar-refractivity contribution in [3.05, 3.63) is 83.9 Å². The van der Waals surface area contributed by atoms with Gasteiger partial charge in [0.25, 0.3) is 0 Å². The normalized spacial score (nSPS) is 24.7. The van der Waals surface area contributed by atoms with Gasteiger partial charge < -0.3 is 50.0 Å². The van der Waals surface area contributed by atoms with E-state index in [-0.39, 0.29) is 49.4 Å². The summed E-state index contributed by atoms with van der Waals surface area (Å²) in [6.45, 7) is 31.3. The monoisotopic (exact) mass is 1410 g/mol. The molecule has 9 amide bonds. The number of rotatable bonds is 19. The van der Waals surface area contributed by atoms with E-state index >= 15 is 33.6 Å². The predicted molar refractivity (Wildman–Crippen MR) is 403 cm³/mol. The summed E-state index contributed by atoms with van der Waals surface area (Å²) in [5.41, 5.74) is 1.95. The predicted octanol–water partition coefficient (Wildman–Crippen LogP) is 9.70. The zero-order valence-electron chi connectivity index (χ0n) is 64.1. The van der Waals surface area contributed by atoms with Gasteiger partial charge in [-0.3, -0.25) is 53.1 Å². The van der Waals surface area contributed by atoms with Crippen LogP contribution < -0.4 is 10.6 Å². The van der Waals surface area contributed by atoms with Gasteiger partial charge in [0.2, 0.25) is 53.2 Å². The van der Waals surface area contributed by atoms with Crippen molar-refractivity contribution in [3.8, 4) is 0 Å². The standard InChI is InChI=1S/C76H123N11O10S2/c1-25-27-34-52(15)66(89)65-68(91)79-57(26-2)72(93)81(18)43-62(88)82(19)59(40-47(5)6)70(99-45-56-37-32-29-33-38-56)80-63(50(11)12)75(96)83(20)58(39-46(3)4)67(90)77-53(16)69(98-44-55-35-30-28-31-36-55)78-54(17)71(92)84(21)60(41-48(7)8)73(94)85(22)61(42-49(9)10)74(95)86(23)64(51(13)14)76(97)87(65)24/h25,27-33,35-38,46-54,57-61,63-66,89H,26,34,39-45H2,1-24H3,(H,77,90)(H,79,91)/b27-25+,78-69?,80-70?/t52-,53+,54-,57+,58+,59+,60+,61+,63+,64+,65+,66-/m1/s1. The third-order valence-electron chi connectivity index (χ3n) is 18.4. The number of aliphatic hydroxyl groups excluding tert-OH is 1. The lowest BCUT2D eigenvalue weighted by Crippen LogP contribution is -2.63. The molecular formula is C76H123N11O10S2. The van der Waals surface area contributed by atoms with Gasteiger partial charge >= 0.3 is 0 Å². The van der Waals surface area contributed by atoms with Crippen LogP contribution in [0.15, 0.2) is 82.8 Å². The van der Waals surface area contributed by atoms with Gasteiger partial charge in [0.1, 0.15) is 48.3 Å². The molecule has 0 saturated heterocycles. The lowest BCUT2D eigenvalue weighted by molar-refractivity contribution is -0.157. The molecule has 0 fully saturated rings. The van der Waals surface area contributed by atoms with Crippen LogP contribution >= 0.6 is 23.5 Å². The second-order valence-corrected chi connectivity index (χ2v) is 31.5. The van der Waals surface area contributed by atoms with Crippen LogP contribution in [0.3, 0.4) is 0 Å². The van der Waals surface area contributed by atoms with Crippen molar-refractivity contribution < 1.29 is 48.3 Å². The molecule has 2 aromatic rings. The maximum Gasteiger partial charge on any atom is 0.248 e. The first-order valence-corrected chi connectivity index (χ1v) is 37.5. The first-order valence-electron chi connectivity index (χ1n) is 35.6. The number of carbonyl (C=O) groups is 9. The van der Waals surface area contributed by atoms with E-state index < -0.39 is 144 Å². The van der Waals surface area contributed by atoms with Crippen molar-refractivity contribution in [1.29, 1.82) is 0 Å². The third kappa shape index (κ3) is 25.5. The summed E-state index contributed by atoms with van der Waals surface area (Å²) in [7, 11) is 10.7. The van der Waals surface area contributed by atoms with E-state index in [1.54, 1.807) is 67.6 Å². The lowest BCUT2D eigenvalue weighted by Gasteiger charge is -2.41. The second kappa shape index (κ2) is 41.4. The molecule has 0 spiro atoms. The van der Waals surface area contributed by atoms with Gasteiger partial charge in [-0.1, -0.05) is 170 Å². The Kier molecular flexibility index (Phi) is 36.2. The number of hydrogen-bond donors (Lipinski definition) is 3. The Hall–Kier alpha value is -6.59. The molecule has 1 aliphatic rings. The van der Waals surface area contributed by atoms with E-state index in [9.17, 15) is 14.7 Å². The first-order chi connectivity index (χ1) is 46.3. The van der Waals surface area contributed by atoms with Crippen molar-refractivity contribution in [1.82, 2.24) is 44.9 Å². The zero-order valence-corrected chi connectivity index (χ0v) is 65.8. The van der Waals surface area contributed by atoms with Crippen LogP contribution in [0.25, 0.3) is 0 Å². The zero-order chi connectivity index (χ0) is 75.0. The first kappa shape index (κ1) is 86.6. The summed E-state index contributed by atoms with van der Waals surface area (Å²) < 4.78 is 0. The number of aliphatic imine (C=N–C) groups is 2. The number of likely N-dealkylation sites (N-methyl/N-ethyl adjacent to an activating group) is 7. The Morgan fingerprint density at radius 3 is 1.41 bits per heavy atom. The van der Waals surface area contributed by atoms with Crippen LogP contribution in [0.4, 0.5) is 0 Å². The number of amides is 9. The minimum Gasteiger partial charge on any atom is -0.390 e. The molecule has 3 rings (SSSR count). The van der Waals surface area contributed by atoms with E-state index in [1.165, 1.54) is 76.2 Å². The molecule has 0 unspecified atom stereocenters. The van der Waals surface area contributed by atoms with Crippen molar-refractivity contribution in [2.24, 2.45) is 51.4 Å². The molecule has 1 heterocycles. The maximum absolute atomic E-state index is 15.5. The molecule has 3 N–H and O–H groups in total. The Morgan fingerprint density at radius 1 is 0.505 bits per heavy atom. The highest BCUT2D eigenvalue weighted by atomic mass is 32.2. The summed E-state index contributed by atoms with van der Waals surface area (Å²) in [5.74, 6) is -5.99. The third-order valence-corrected chi connectivity index (χ3v) is 20.7. The minimum atomic E-state index is -1.59. The molecule has 0 aromatic heterocycles. The Morgan fingerprint density at radius 2 is 0.949 bits per heavy atom.